The fraction of sp³-hybridized carbons (Fsp3) is 0.500. The summed E-state index contributed by atoms with van der Waals surface area (Å²) in [7, 11) is 1.63. The Morgan fingerprint density at radius 3 is 2.63 bits per heavy atom. The molecule has 0 atom stereocenters. The van der Waals surface area contributed by atoms with Gasteiger partial charge in [-0.05, 0) is 26.8 Å². The number of amides is 1. The molecule has 0 saturated carbocycles. The van der Waals surface area contributed by atoms with E-state index in [-0.39, 0.29) is 12.0 Å². The summed E-state index contributed by atoms with van der Waals surface area (Å²) in [6.45, 7) is 6.95. The molecule has 1 amide bonds. The normalized spacial score (nSPS) is 10.4. The number of nitrogens with one attached hydrogen (secondary N) is 1. The van der Waals surface area contributed by atoms with Crippen LogP contribution < -0.4 is 20.7 Å². The lowest BCUT2D eigenvalue weighted by Crippen LogP contribution is -2.35. The molecule has 0 heterocycles. The number of hydrogen-bond acceptors (Lipinski definition) is 4. The van der Waals surface area contributed by atoms with Crippen LogP contribution in [0.2, 0.25) is 0 Å². The van der Waals surface area contributed by atoms with Crippen molar-refractivity contribution in [3.05, 3.63) is 18.2 Å². The van der Waals surface area contributed by atoms with Crippen molar-refractivity contribution < 1.29 is 9.53 Å². The molecule has 0 bridgehead atoms. The lowest BCUT2D eigenvalue weighted by molar-refractivity contribution is -0.119. The molecular weight excluding hydrogens is 242 g/mol. The molecule has 3 N–H and O–H groups in total. The minimum absolute atomic E-state index is 0.0318. The summed E-state index contributed by atoms with van der Waals surface area (Å²) in [6.07, 6.45) is 0.0867. The van der Waals surface area contributed by atoms with Crippen LogP contribution in [0.1, 0.15) is 20.8 Å². The summed E-state index contributed by atoms with van der Waals surface area (Å²) in [5, 5.41) is 2.62. The second-order valence-corrected chi connectivity index (χ2v) is 4.61. The standard InChI is InChI=1S/C14H23N3O2/c1-5-17(9-14(18)16-4)12-6-11(15)7-13(8-12)19-10(2)3/h6-8,10H,5,9,15H2,1-4H3,(H,16,18). The Morgan fingerprint density at radius 2 is 2.11 bits per heavy atom. The van der Waals surface area contributed by atoms with Gasteiger partial charge in [-0.25, -0.2) is 0 Å². The van der Waals surface area contributed by atoms with Crippen LogP contribution in [0.3, 0.4) is 0 Å². The average molecular weight is 265 g/mol. The predicted molar refractivity (Wildman–Crippen MR) is 78.6 cm³/mol. The minimum Gasteiger partial charge on any atom is -0.491 e. The quantitative estimate of drug-likeness (QED) is 0.767. The lowest BCUT2D eigenvalue weighted by Gasteiger charge is -2.23. The second kappa shape index (κ2) is 6.87. The van der Waals surface area contributed by atoms with Crippen molar-refractivity contribution in [1.82, 2.24) is 5.32 Å². The van der Waals surface area contributed by atoms with Crippen LogP contribution >= 0.6 is 0 Å². The molecular formula is C14H23N3O2. The van der Waals surface area contributed by atoms with Crippen molar-refractivity contribution in [2.45, 2.75) is 26.9 Å². The van der Waals surface area contributed by atoms with E-state index >= 15 is 0 Å². The van der Waals surface area contributed by atoms with Crippen LogP contribution in [-0.4, -0.2) is 32.1 Å². The molecule has 0 radical (unpaired) electrons. The molecule has 0 aliphatic carbocycles. The molecule has 0 spiro atoms. The van der Waals surface area contributed by atoms with Crippen molar-refractivity contribution in [2.75, 3.05) is 30.8 Å². The highest BCUT2D eigenvalue weighted by atomic mass is 16.5. The highest BCUT2D eigenvalue weighted by Crippen LogP contribution is 2.26. The lowest BCUT2D eigenvalue weighted by atomic mass is 10.2. The molecule has 1 aromatic rings. The number of benzene rings is 1. The number of nitrogen functional groups attached to an aromatic ring is 1. The average Bonchev–Trinajstić information content (AvgIpc) is 2.33. The summed E-state index contributed by atoms with van der Waals surface area (Å²) in [4.78, 5) is 13.4. The number of ether oxygens (including phenoxy) is 1. The number of nitrogens with zero attached hydrogens (tertiary/aromatic N) is 1. The van der Waals surface area contributed by atoms with Gasteiger partial charge in [0, 0.05) is 37.1 Å². The number of carbonyl (C=O) groups excluding carboxylic acids is 1. The van der Waals surface area contributed by atoms with Crippen molar-refractivity contribution >= 4 is 17.3 Å². The van der Waals surface area contributed by atoms with Gasteiger partial charge in [0.2, 0.25) is 5.91 Å². The van der Waals surface area contributed by atoms with E-state index < -0.39 is 0 Å². The van der Waals surface area contributed by atoms with E-state index in [9.17, 15) is 4.79 Å². The van der Waals surface area contributed by atoms with Crippen LogP contribution in [0.15, 0.2) is 18.2 Å². The Balaban J connectivity index is 2.96. The number of carbonyl (C=O) groups is 1. The zero-order chi connectivity index (χ0) is 14.4. The van der Waals surface area contributed by atoms with E-state index in [0.717, 1.165) is 18.0 Å². The van der Waals surface area contributed by atoms with Gasteiger partial charge >= 0.3 is 0 Å². The molecule has 1 rings (SSSR count). The van der Waals surface area contributed by atoms with E-state index in [1.165, 1.54) is 0 Å². The third kappa shape index (κ3) is 4.69. The Hall–Kier alpha value is -1.91. The Kier molecular flexibility index (Phi) is 5.48. The largest absolute Gasteiger partial charge is 0.491 e. The predicted octanol–water partition coefficient (Wildman–Crippen LogP) is 1.63. The monoisotopic (exact) mass is 265 g/mol. The van der Waals surface area contributed by atoms with Crippen LogP contribution in [0.25, 0.3) is 0 Å². The third-order valence-electron chi connectivity index (χ3n) is 2.65. The summed E-state index contributed by atoms with van der Waals surface area (Å²) in [6, 6.07) is 5.54. The minimum atomic E-state index is -0.0318. The van der Waals surface area contributed by atoms with Gasteiger partial charge in [0.05, 0.1) is 12.6 Å². The number of likely N-dealkylation sites (N-methyl/N-ethyl adjacent to an activating group) is 2. The van der Waals surface area contributed by atoms with Crippen LogP contribution in [-0.2, 0) is 4.79 Å². The van der Waals surface area contributed by atoms with Crippen molar-refractivity contribution in [2.24, 2.45) is 0 Å². The molecule has 5 heteroatoms. The van der Waals surface area contributed by atoms with E-state index in [2.05, 4.69) is 5.32 Å². The molecule has 0 unspecified atom stereocenters. The summed E-state index contributed by atoms with van der Waals surface area (Å²) in [5.74, 6) is 0.691. The number of hydrogen-bond donors (Lipinski definition) is 2. The Bertz CT molecular complexity index is 433. The maximum absolute atomic E-state index is 11.5. The van der Waals surface area contributed by atoms with Crippen molar-refractivity contribution in [3.8, 4) is 5.75 Å². The SMILES string of the molecule is CCN(CC(=O)NC)c1cc(N)cc(OC(C)C)c1. The molecule has 0 saturated heterocycles. The van der Waals surface area contributed by atoms with Gasteiger partial charge in [0.25, 0.3) is 0 Å². The third-order valence-corrected chi connectivity index (χ3v) is 2.65. The highest BCUT2D eigenvalue weighted by Gasteiger charge is 2.11. The van der Waals surface area contributed by atoms with Crippen molar-refractivity contribution in [3.63, 3.8) is 0 Å². The van der Waals surface area contributed by atoms with Crippen molar-refractivity contribution in [1.29, 1.82) is 0 Å². The molecule has 1 aromatic carbocycles. The maximum atomic E-state index is 11.5. The first-order valence-corrected chi connectivity index (χ1v) is 6.49. The molecule has 0 aromatic heterocycles. The fourth-order valence-corrected chi connectivity index (χ4v) is 1.77. The molecule has 19 heavy (non-hydrogen) atoms. The zero-order valence-corrected chi connectivity index (χ0v) is 12.1. The number of rotatable bonds is 6. The van der Waals surface area contributed by atoms with Crippen LogP contribution in [0.4, 0.5) is 11.4 Å². The van der Waals surface area contributed by atoms with Gasteiger partial charge in [-0.15, -0.1) is 0 Å². The van der Waals surface area contributed by atoms with Gasteiger partial charge in [-0.3, -0.25) is 4.79 Å². The smallest absolute Gasteiger partial charge is 0.239 e. The molecule has 0 aliphatic heterocycles. The highest BCUT2D eigenvalue weighted by molar-refractivity contribution is 5.81. The maximum Gasteiger partial charge on any atom is 0.239 e. The summed E-state index contributed by atoms with van der Waals surface area (Å²) in [5.41, 5.74) is 7.40. The molecule has 5 nitrogen and oxygen atoms in total. The van der Waals surface area contributed by atoms with Gasteiger partial charge < -0.3 is 20.7 Å². The zero-order valence-electron chi connectivity index (χ0n) is 12.1. The molecule has 0 fully saturated rings. The Labute approximate surface area is 114 Å². The first-order valence-electron chi connectivity index (χ1n) is 6.49. The van der Waals surface area contributed by atoms with Gasteiger partial charge in [0.15, 0.2) is 0 Å². The number of anilines is 2. The van der Waals surface area contributed by atoms with Crippen LogP contribution in [0.5, 0.6) is 5.75 Å². The first kappa shape index (κ1) is 15.1. The summed E-state index contributed by atoms with van der Waals surface area (Å²) < 4.78 is 5.65. The van der Waals surface area contributed by atoms with Crippen LogP contribution in [0, 0.1) is 0 Å². The van der Waals surface area contributed by atoms with Gasteiger partial charge in [0.1, 0.15) is 5.75 Å². The summed E-state index contributed by atoms with van der Waals surface area (Å²) >= 11 is 0. The Morgan fingerprint density at radius 1 is 1.42 bits per heavy atom. The number of nitrogens with two attached hydrogens (primary N) is 1. The fourth-order valence-electron chi connectivity index (χ4n) is 1.77. The first-order chi connectivity index (χ1) is 8.96. The molecule has 0 aliphatic rings. The van der Waals surface area contributed by atoms with Gasteiger partial charge in [-0.2, -0.15) is 0 Å². The van der Waals surface area contributed by atoms with Gasteiger partial charge in [-0.1, -0.05) is 0 Å². The second-order valence-electron chi connectivity index (χ2n) is 4.61. The van der Waals surface area contributed by atoms with E-state index in [0.29, 0.717) is 12.2 Å². The van der Waals surface area contributed by atoms with E-state index in [1.807, 2.05) is 37.8 Å². The topological polar surface area (TPSA) is 67.6 Å². The van der Waals surface area contributed by atoms with E-state index in [4.69, 9.17) is 10.5 Å². The van der Waals surface area contributed by atoms with E-state index in [1.54, 1.807) is 13.1 Å². The molecule has 106 valence electrons.